The number of hydrogen-bond acceptors (Lipinski definition) is 4. The standard InChI is InChI=1S/C12H19BrN2OS/c1-15(6-11-4-10(13)8-17-11)12(5-14)9-2-3-16-7-9/h4,8-9,12H,2-3,5-7,14H2,1H3. The molecule has 1 aromatic rings. The quantitative estimate of drug-likeness (QED) is 0.905. The SMILES string of the molecule is CN(Cc1cc(Br)cs1)C(CN)C1CCOC1. The lowest BCUT2D eigenvalue weighted by Crippen LogP contribution is -2.43. The van der Waals surface area contributed by atoms with Gasteiger partial charge in [-0.3, -0.25) is 4.90 Å². The molecular formula is C12H19BrN2OS. The number of hydrogen-bond donors (Lipinski definition) is 1. The normalized spacial score (nSPS) is 22.2. The van der Waals surface area contributed by atoms with E-state index in [2.05, 4.69) is 39.3 Å². The fourth-order valence-corrected chi connectivity index (χ4v) is 3.90. The monoisotopic (exact) mass is 318 g/mol. The second kappa shape index (κ2) is 6.29. The van der Waals surface area contributed by atoms with Crippen molar-refractivity contribution >= 4 is 27.3 Å². The molecular weight excluding hydrogens is 300 g/mol. The van der Waals surface area contributed by atoms with Crippen molar-refractivity contribution < 1.29 is 4.74 Å². The number of likely N-dealkylation sites (N-methyl/N-ethyl adjacent to an activating group) is 1. The summed E-state index contributed by atoms with van der Waals surface area (Å²) in [4.78, 5) is 3.73. The first-order valence-electron chi connectivity index (χ1n) is 5.91. The minimum absolute atomic E-state index is 0.429. The molecule has 2 atom stereocenters. The summed E-state index contributed by atoms with van der Waals surface area (Å²) < 4.78 is 6.62. The summed E-state index contributed by atoms with van der Waals surface area (Å²) in [5, 5.41) is 2.12. The van der Waals surface area contributed by atoms with Crippen molar-refractivity contribution in [3.8, 4) is 0 Å². The Morgan fingerprint density at radius 1 is 1.71 bits per heavy atom. The number of thiophene rings is 1. The lowest BCUT2D eigenvalue weighted by atomic mass is 9.98. The van der Waals surface area contributed by atoms with Crippen LogP contribution in [0.25, 0.3) is 0 Å². The molecule has 1 aliphatic heterocycles. The van der Waals surface area contributed by atoms with Gasteiger partial charge in [-0.2, -0.15) is 0 Å². The highest BCUT2D eigenvalue weighted by atomic mass is 79.9. The maximum absolute atomic E-state index is 5.91. The third-order valence-electron chi connectivity index (χ3n) is 3.34. The van der Waals surface area contributed by atoms with E-state index >= 15 is 0 Å². The summed E-state index contributed by atoms with van der Waals surface area (Å²) in [7, 11) is 2.16. The smallest absolute Gasteiger partial charge is 0.0510 e. The van der Waals surface area contributed by atoms with Crippen LogP contribution in [-0.4, -0.2) is 37.7 Å². The van der Waals surface area contributed by atoms with E-state index in [1.807, 2.05) is 0 Å². The molecule has 1 aromatic heterocycles. The second-order valence-corrected chi connectivity index (χ2v) is 6.48. The van der Waals surface area contributed by atoms with Gasteiger partial charge < -0.3 is 10.5 Å². The van der Waals surface area contributed by atoms with Crippen molar-refractivity contribution in [3.63, 3.8) is 0 Å². The van der Waals surface area contributed by atoms with Gasteiger partial charge in [0, 0.05) is 46.4 Å². The van der Waals surface area contributed by atoms with Crippen LogP contribution < -0.4 is 5.73 Å². The van der Waals surface area contributed by atoms with E-state index in [1.165, 1.54) is 9.35 Å². The van der Waals surface area contributed by atoms with Gasteiger partial charge in [-0.1, -0.05) is 0 Å². The maximum Gasteiger partial charge on any atom is 0.0510 e. The molecule has 3 nitrogen and oxygen atoms in total. The van der Waals surface area contributed by atoms with E-state index in [1.54, 1.807) is 11.3 Å². The van der Waals surface area contributed by atoms with Crippen molar-refractivity contribution in [2.24, 2.45) is 11.7 Å². The van der Waals surface area contributed by atoms with Gasteiger partial charge in [0.05, 0.1) is 6.61 Å². The molecule has 0 aromatic carbocycles. The van der Waals surface area contributed by atoms with Crippen LogP contribution in [0.15, 0.2) is 15.9 Å². The van der Waals surface area contributed by atoms with Crippen LogP contribution in [0.1, 0.15) is 11.3 Å². The highest BCUT2D eigenvalue weighted by Crippen LogP contribution is 2.24. The van der Waals surface area contributed by atoms with Gasteiger partial charge in [0.2, 0.25) is 0 Å². The van der Waals surface area contributed by atoms with E-state index in [-0.39, 0.29) is 0 Å². The van der Waals surface area contributed by atoms with Gasteiger partial charge in [0.1, 0.15) is 0 Å². The Hall–Kier alpha value is 0.0600. The highest BCUT2D eigenvalue weighted by Gasteiger charge is 2.27. The summed E-state index contributed by atoms with van der Waals surface area (Å²) in [5.41, 5.74) is 5.91. The van der Waals surface area contributed by atoms with Crippen molar-refractivity contribution in [1.29, 1.82) is 0 Å². The molecule has 2 unspecified atom stereocenters. The van der Waals surface area contributed by atoms with E-state index < -0.39 is 0 Å². The predicted octanol–water partition coefficient (Wildman–Crippen LogP) is 2.31. The van der Waals surface area contributed by atoms with Gasteiger partial charge >= 0.3 is 0 Å². The van der Waals surface area contributed by atoms with E-state index in [4.69, 9.17) is 10.5 Å². The summed E-state index contributed by atoms with van der Waals surface area (Å²) in [6, 6.07) is 2.61. The molecule has 96 valence electrons. The molecule has 5 heteroatoms. The van der Waals surface area contributed by atoms with Crippen LogP contribution in [0.2, 0.25) is 0 Å². The molecule has 0 bridgehead atoms. The largest absolute Gasteiger partial charge is 0.381 e. The van der Waals surface area contributed by atoms with Gasteiger partial charge in [-0.15, -0.1) is 11.3 Å². The Bertz CT molecular complexity index is 352. The fourth-order valence-electron chi connectivity index (χ4n) is 2.39. The summed E-state index contributed by atoms with van der Waals surface area (Å²) in [6.07, 6.45) is 1.14. The minimum Gasteiger partial charge on any atom is -0.381 e. The maximum atomic E-state index is 5.91. The highest BCUT2D eigenvalue weighted by molar-refractivity contribution is 9.10. The van der Waals surface area contributed by atoms with Crippen molar-refractivity contribution in [2.45, 2.75) is 19.0 Å². The van der Waals surface area contributed by atoms with E-state index in [0.717, 1.165) is 26.2 Å². The number of halogens is 1. The number of ether oxygens (including phenoxy) is 1. The summed E-state index contributed by atoms with van der Waals surface area (Å²) in [5.74, 6) is 0.591. The first-order valence-corrected chi connectivity index (χ1v) is 7.59. The molecule has 1 fully saturated rings. The lowest BCUT2D eigenvalue weighted by Gasteiger charge is -2.30. The average Bonchev–Trinajstić information content (AvgIpc) is 2.92. The molecule has 2 heterocycles. The molecule has 0 amide bonds. The zero-order valence-electron chi connectivity index (χ0n) is 10.1. The van der Waals surface area contributed by atoms with Gasteiger partial charge in [-0.25, -0.2) is 0 Å². The van der Waals surface area contributed by atoms with Crippen LogP contribution in [0.3, 0.4) is 0 Å². The zero-order valence-corrected chi connectivity index (χ0v) is 12.5. The van der Waals surface area contributed by atoms with Crippen LogP contribution in [-0.2, 0) is 11.3 Å². The van der Waals surface area contributed by atoms with Crippen LogP contribution >= 0.6 is 27.3 Å². The third-order valence-corrected chi connectivity index (χ3v) is 5.03. The van der Waals surface area contributed by atoms with E-state index in [0.29, 0.717) is 18.5 Å². The van der Waals surface area contributed by atoms with E-state index in [9.17, 15) is 0 Å². The average molecular weight is 319 g/mol. The Labute approximate surface area is 115 Å². The molecule has 0 saturated carbocycles. The first kappa shape index (κ1) is 13.5. The zero-order chi connectivity index (χ0) is 12.3. The molecule has 0 aliphatic carbocycles. The summed E-state index contributed by atoms with van der Waals surface area (Å²) in [6.45, 7) is 3.42. The number of rotatable bonds is 5. The first-order chi connectivity index (χ1) is 8.20. The van der Waals surface area contributed by atoms with Gasteiger partial charge in [0.15, 0.2) is 0 Å². The molecule has 2 rings (SSSR count). The van der Waals surface area contributed by atoms with Gasteiger partial charge in [-0.05, 0) is 35.5 Å². The lowest BCUT2D eigenvalue weighted by molar-refractivity contribution is 0.137. The minimum atomic E-state index is 0.429. The molecule has 0 radical (unpaired) electrons. The Balaban J connectivity index is 1.94. The Morgan fingerprint density at radius 3 is 3.06 bits per heavy atom. The van der Waals surface area contributed by atoms with Crippen LogP contribution in [0.5, 0.6) is 0 Å². The molecule has 0 spiro atoms. The Kier molecular flexibility index (Phi) is 4.99. The van der Waals surface area contributed by atoms with Gasteiger partial charge in [0.25, 0.3) is 0 Å². The molecule has 17 heavy (non-hydrogen) atoms. The topological polar surface area (TPSA) is 38.5 Å². The van der Waals surface area contributed by atoms with Crippen molar-refractivity contribution in [3.05, 3.63) is 20.8 Å². The van der Waals surface area contributed by atoms with Crippen molar-refractivity contribution in [1.82, 2.24) is 4.90 Å². The number of nitrogens with two attached hydrogens (primary N) is 1. The Morgan fingerprint density at radius 2 is 2.53 bits per heavy atom. The number of nitrogens with zero attached hydrogens (tertiary/aromatic N) is 1. The predicted molar refractivity (Wildman–Crippen MR) is 75.3 cm³/mol. The van der Waals surface area contributed by atoms with Crippen LogP contribution in [0.4, 0.5) is 0 Å². The molecule has 1 aliphatic rings. The molecule has 2 N–H and O–H groups in total. The summed E-state index contributed by atoms with van der Waals surface area (Å²) >= 11 is 5.28. The fraction of sp³-hybridized carbons (Fsp3) is 0.667. The third kappa shape index (κ3) is 3.51. The van der Waals surface area contributed by atoms with Crippen LogP contribution in [0, 0.1) is 5.92 Å². The molecule has 1 saturated heterocycles. The van der Waals surface area contributed by atoms with Crippen molar-refractivity contribution in [2.75, 3.05) is 26.8 Å². The second-order valence-electron chi connectivity index (χ2n) is 4.57.